The maximum Gasteiger partial charge on any atom is 0.417 e. The Kier molecular flexibility index (Phi) is 4.05. The van der Waals surface area contributed by atoms with Crippen LogP contribution in [0.25, 0.3) is 0 Å². The lowest BCUT2D eigenvalue weighted by molar-refractivity contribution is -0.138. The van der Waals surface area contributed by atoms with Crippen molar-refractivity contribution in [3.05, 3.63) is 49.7 Å². The van der Waals surface area contributed by atoms with Crippen molar-refractivity contribution in [3.8, 4) is 0 Å². The van der Waals surface area contributed by atoms with Crippen molar-refractivity contribution in [2.24, 2.45) is 0 Å². The fraction of sp³-hybridized carbons (Fsp3) is 0.0909. The average molecular weight is 369 g/mol. The summed E-state index contributed by atoms with van der Waals surface area (Å²) in [4.78, 5) is 10.8. The Hall–Kier alpha value is -1.54. The predicted octanol–water partition coefficient (Wildman–Crippen LogP) is 3.95. The molecule has 2 rings (SSSR count). The molecule has 0 atom stereocenters. The Morgan fingerprint density at radius 3 is 2.55 bits per heavy atom. The monoisotopic (exact) mass is 367 g/mol. The van der Waals surface area contributed by atoms with Crippen molar-refractivity contribution >= 4 is 39.0 Å². The number of nitrogens with zero attached hydrogens (tertiary/aromatic N) is 1. The summed E-state index contributed by atoms with van der Waals surface area (Å²) < 4.78 is 38.2. The first kappa shape index (κ1) is 14.9. The van der Waals surface area contributed by atoms with Gasteiger partial charge >= 0.3 is 6.18 Å². The van der Waals surface area contributed by atoms with Gasteiger partial charge in [0.25, 0.3) is 5.56 Å². The zero-order valence-electron chi connectivity index (χ0n) is 9.55. The summed E-state index contributed by atoms with van der Waals surface area (Å²) in [5.41, 5.74) is -1.22. The minimum atomic E-state index is -4.54. The molecule has 0 unspecified atom stereocenters. The summed E-state index contributed by atoms with van der Waals surface area (Å²) >= 11 is 8.55. The van der Waals surface area contributed by atoms with Crippen LogP contribution in [-0.2, 0) is 6.18 Å². The highest BCUT2D eigenvalue weighted by atomic mass is 79.9. The molecule has 1 aromatic heterocycles. The highest BCUT2D eigenvalue weighted by Crippen LogP contribution is 2.40. The third-order valence-corrected chi connectivity index (χ3v) is 3.67. The molecule has 0 saturated carbocycles. The molecular weight excluding hydrogens is 362 g/mol. The van der Waals surface area contributed by atoms with Gasteiger partial charge in [-0.3, -0.25) is 4.79 Å². The molecule has 0 amide bonds. The van der Waals surface area contributed by atoms with Gasteiger partial charge in [-0.1, -0.05) is 11.6 Å². The van der Waals surface area contributed by atoms with Crippen LogP contribution >= 0.6 is 27.5 Å². The lowest BCUT2D eigenvalue weighted by Crippen LogP contribution is -2.09. The summed E-state index contributed by atoms with van der Waals surface area (Å²) in [6, 6.07) is 4.74. The summed E-state index contributed by atoms with van der Waals surface area (Å²) in [6.07, 6.45) is -4.54. The summed E-state index contributed by atoms with van der Waals surface area (Å²) in [6.45, 7) is 0. The van der Waals surface area contributed by atoms with Gasteiger partial charge in [-0.25, -0.2) is 5.10 Å². The predicted molar refractivity (Wildman–Crippen MR) is 72.3 cm³/mol. The van der Waals surface area contributed by atoms with Crippen LogP contribution in [0.3, 0.4) is 0 Å². The quantitative estimate of drug-likeness (QED) is 0.844. The number of aromatic amines is 1. The molecule has 0 aliphatic carbocycles. The zero-order valence-corrected chi connectivity index (χ0v) is 11.9. The van der Waals surface area contributed by atoms with E-state index < -0.39 is 17.3 Å². The highest BCUT2D eigenvalue weighted by molar-refractivity contribution is 9.10. The molecule has 20 heavy (non-hydrogen) atoms. The molecule has 0 spiro atoms. The molecule has 0 aliphatic rings. The SMILES string of the molecule is O=c1ccc(Nc2cc(Cl)c(Br)c(C(F)(F)F)c2)n[nH]1. The first-order valence-corrected chi connectivity index (χ1v) is 6.33. The first-order valence-electron chi connectivity index (χ1n) is 5.16. The standard InChI is InChI=1S/C11H6BrClF3N3O/c12-10-6(11(14,15)16)3-5(4-7(10)13)17-8-1-2-9(20)19-18-8/h1-4H,(H,17,18)(H,19,20). The molecule has 106 valence electrons. The van der Waals surface area contributed by atoms with Crippen LogP contribution in [0.4, 0.5) is 24.7 Å². The van der Waals surface area contributed by atoms with Gasteiger partial charge in [0.15, 0.2) is 5.82 Å². The van der Waals surface area contributed by atoms with Gasteiger partial charge in [-0.05, 0) is 34.1 Å². The van der Waals surface area contributed by atoms with E-state index in [-0.39, 0.29) is 21.0 Å². The van der Waals surface area contributed by atoms with E-state index in [2.05, 4.69) is 31.4 Å². The van der Waals surface area contributed by atoms with Crippen molar-refractivity contribution in [3.63, 3.8) is 0 Å². The number of hydrogen-bond acceptors (Lipinski definition) is 3. The summed E-state index contributed by atoms with van der Waals surface area (Å²) in [5.74, 6) is 0.191. The Morgan fingerprint density at radius 2 is 2.00 bits per heavy atom. The fourth-order valence-electron chi connectivity index (χ4n) is 1.43. The zero-order chi connectivity index (χ0) is 14.9. The minimum Gasteiger partial charge on any atom is -0.339 e. The van der Waals surface area contributed by atoms with Gasteiger partial charge < -0.3 is 5.32 Å². The van der Waals surface area contributed by atoms with E-state index in [0.29, 0.717) is 0 Å². The van der Waals surface area contributed by atoms with Crippen molar-refractivity contribution in [2.75, 3.05) is 5.32 Å². The van der Waals surface area contributed by atoms with Crippen LogP contribution < -0.4 is 10.9 Å². The molecule has 0 bridgehead atoms. The third-order valence-electron chi connectivity index (χ3n) is 2.29. The number of rotatable bonds is 2. The van der Waals surface area contributed by atoms with Crippen LogP contribution in [-0.4, -0.2) is 10.2 Å². The van der Waals surface area contributed by atoms with Crippen LogP contribution in [0.15, 0.2) is 33.5 Å². The molecule has 0 radical (unpaired) electrons. The second kappa shape index (κ2) is 5.45. The fourth-order valence-corrected chi connectivity index (χ4v) is 2.10. The van der Waals surface area contributed by atoms with Crippen LogP contribution in [0.1, 0.15) is 5.56 Å². The van der Waals surface area contributed by atoms with E-state index in [1.165, 1.54) is 18.2 Å². The van der Waals surface area contributed by atoms with E-state index in [1.807, 2.05) is 0 Å². The van der Waals surface area contributed by atoms with Crippen molar-refractivity contribution in [2.45, 2.75) is 6.18 Å². The number of nitrogens with one attached hydrogen (secondary N) is 2. The van der Waals surface area contributed by atoms with E-state index >= 15 is 0 Å². The van der Waals surface area contributed by atoms with Gasteiger partial charge in [-0.2, -0.15) is 18.3 Å². The van der Waals surface area contributed by atoms with Crippen LogP contribution in [0.5, 0.6) is 0 Å². The van der Waals surface area contributed by atoms with E-state index in [9.17, 15) is 18.0 Å². The normalized spacial score (nSPS) is 11.4. The van der Waals surface area contributed by atoms with Crippen molar-refractivity contribution < 1.29 is 13.2 Å². The lowest BCUT2D eigenvalue weighted by atomic mass is 10.2. The number of H-pyrrole nitrogens is 1. The molecule has 4 nitrogen and oxygen atoms in total. The molecule has 9 heteroatoms. The maximum atomic E-state index is 12.8. The second-order valence-electron chi connectivity index (χ2n) is 3.75. The minimum absolute atomic E-state index is 0.0910. The first-order chi connectivity index (χ1) is 9.27. The van der Waals surface area contributed by atoms with Crippen molar-refractivity contribution in [1.82, 2.24) is 10.2 Å². The van der Waals surface area contributed by atoms with Gasteiger partial charge in [0, 0.05) is 16.2 Å². The number of alkyl halides is 3. The maximum absolute atomic E-state index is 12.8. The Balaban J connectivity index is 2.40. The lowest BCUT2D eigenvalue weighted by Gasteiger charge is -2.13. The van der Waals surface area contributed by atoms with E-state index in [0.717, 1.165) is 6.07 Å². The largest absolute Gasteiger partial charge is 0.417 e. The molecule has 2 N–H and O–H groups in total. The number of hydrogen-bond donors (Lipinski definition) is 2. The van der Waals surface area contributed by atoms with Crippen LogP contribution in [0.2, 0.25) is 5.02 Å². The molecule has 1 heterocycles. The third kappa shape index (κ3) is 3.31. The van der Waals surface area contributed by atoms with Gasteiger partial charge in [0.05, 0.1) is 10.6 Å². The molecule has 2 aromatic rings. The van der Waals surface area contributed by atoms with E-state index in [1.54, 1.807) is 0 Å². The average Bonchev–Trinajstić information content (AvgIpc) is 2.35. The Morgan fingerprint density at radius 1 is 1.30 bits per heavy atom. The van der Waals surface area contributed by atoms with Gasteiger partial charge in [0.2, 0.25) is 0 Å². The molecule has 0 aliphatic heterocycles. The number of aromatic nitrogens is 2. The van der Waals surface area contributed by atoms with Gasteiger partial charge in [-0.15, -0.1) is 0 Å². The Labute approximate surface area is 124 Å². The second-order valence-corrected chi connectivity index (χ2v) is 4.95. The Bertz CT molecular complexity index is 682. The number of halogens is 5. The molecule has 1 aromatic carbocycles. The van der Waals surface area contributed by atoms with Crippen LogP contribution in [0, 0.1) is 0 Å². The van der Waals surface area contributed by atoms with E-state index in [4.69, 9.17) is 11.6 Å². The summed E-state index contributed by atoms with van der Waals surface area (Å²) in [5, 5.41) is 8.33. The number of benzene rings is 1. The van der Waals surface area contributed by atoms with Gasteiger partial charge in [0.1, 0.15) is 0 Å². The topological polar surface area (TPSA) is 57.8 Å². The number of anilines is 2. The molecule has 0 saturated heterocycles. The highest BCUT2D eigenvalue weighted by Gasteiger charge is 2.34. The molecular formula is C11H6BrClF3N3O. The smallest absolute Gasteiger partial charge is 0.339 e. The van der Waals surface area contributed by atoms with Crippen molar-refractivity contribution in [1.29, 1.82) is 0 Å². The molecule has 0 fully saturated rings. The summed E-state index contributed by atoms with van der Waals surface area (Å²) in [7, 11) is 0.